The van der Waals surface area contributed by atoms with Crippen LogP contribution in [0.4, 0.5) is 0 Å². The highest BCUT2D eigenvalue weighted by Gasteiger charge is 2.06. The van der Waals surface area contributed by atoms with Crippen molar-refractivity contribution in [2.24, 2.45) is 0 Å². The lowest BCUT2D eigenvalue weighted by Gasteiger charge is -1.97. The van der Waals surface area contributed by atoms with Crippen LogP contribution in [0.2, 0.25) is 0 Å². The van der Waals surface area contributed by atoms with Crippen molar-refractivity contribution in [3.63, 3.8) is 0 Å². The molecule has 1 aromatic heterocycles. The van der Waals surface area contributed by atoms with Gasteiger partial charge >= 0.3 is 5.76 Å². The summed E-state index contributed by atoms with van der Waals surface area (Å²) in [6.45, 7) is 0.207. The first-order valence-corrected chi connectivity index (χ1v) is 4.75. The summed E-state index contributed by atoms with van der Waals surface area (Å²) in [6, 6.07) is 9.13. The number of nitrogens with one attached hydrogen (secondary N) is 1. The fraction of sp³-hybridized carbons (Fsp3) is 0.0909. The van der Waals surface area contributed by atoms with Gasteiger partial charge < -0.3 is 9.73 Å². The molecule has 1 amide bonds. The number of aromatic nitrogens is 1. The predicted molar refractivity (Wildman–Crippen MR) is 57.2 cm³/mol. The van der Waals surface area contributed by atoms with Crippen molar-refractivity contribution in [3.05, 3.63) is 52.8 Å². The molecule has 0 atom stereocenters. The molecule has 0 bridgehead atoms. The SMILES string of the molecule is O=CNCc1cn(-c2ccccc2)c(=O)o1. The van der Waals surface area contributed by atoms with Crippen molar-refractivity contribution >= 4 is 6.41 Å². The van der Waals surface area contributed by atoms with Crippen molar-refractivity contribution in [3.8, 4) is 5.69 Å². The zero-order valence-electron chi connectivity index (χ0n) is 8.42. The number of carbonyl (C=O) groups excluding carboxylic acids is 1. The molecule has 0 radical (unpaired) electrons. The lowest BCUT2D eigenvalue weighted by atomic mass is 10.3. The predicted octanol–water partition coefficient (Wildman–Crippen LogP) is 0.676. The van der Waals surface area contributed by atoms with E-state index in [2.05, 4.69) is 5.32 Å². The molecule has 1 aromatic carbocycles. The van der Waals surface area contributed by atoms with Crippen molar-refractivity contribution < 1.29 is 9.21 Å². The van der Waals surface area contributed by atoms with E-state index in [9.17, 15) is 9.59 Å². The van der Waals surface area contributed by atoms with E-state index in [1.807, 2.05) is 18.2 Å². The second kappa shape index (κ2) is 4.48. The summed E-state index contributed by atoms with van der Waals surface area (Å²) in [6.07, 6.45) is 2.12. The van der Waals surface area contributed by atoms with E-state index in [1.54, 1.807) is 18.3 Å². The maximum atomic E-state index is 11.5. The maximum absolute atomic E-state index is 11.5. The second-order valence-corrected chi connectivity index (χ2v) is 3.17. The van der Waals surface area contributed by atoms with Crippen LogP contribution in [0.25, 0.3) is 5.69 Å². The highest BCUT2D eigenvalue weighted by Crippen LogP contribution is 2.06. The van der Waals surface area contributed by atoms with Gasteiger partial charge in [0, 0.05) is 0 Å². The number of amides is 1. The van der Waals surface area contributed by atoms with Crippen LogP contribution in [0.5, 0.6) is 0 Å². The Morgan fingerprint density at radius 3 is 2.75 bits per heavy atom. The Morgan fingerprint density at radius 1 is 1.31 bits per heavy atom. The number of carbonyl (C=O) groups is 1. The van der Waals surface area contributed by atoms with Crippen molar-refractivity contribution in [2.45, 2.75) is 6.54 Å². The van der Waals surface area contributed by atoms with Gasteiger partial charge in [-0.2, -0.15) is 0 Å². The van der Waals surface area contributed by atoms with Gasteiger partial charge in [-0.15, -0.1) is 0 Å². The number of hydrogen-bond donors (Lipinski definition) is 1. The van der Waals surface area contributed by atoms with E-state index in [1.165, 1.54) is 4.57 Å². The summed E-state index contributed by atoms with van der Waals surface area (Å²) in [5, 5.41) is 2.43. The molecule has 0 aliphatic heterocycles. The number of rotatable bonds is 4. The Bertz CT molecular complexity index is 528. The number of para-hydroxylation sites is 1. The number of oxazole rings is 1. The largest absolute Gasteiger partial charge is 0.423 e. The van der Waals surface area contributed by atoms with E-state index in [0.717, 1.165) is 5.69 Å². The summed E-state index contributed by atoms with van der Waals surface area (Å²) in [7, 11) is 0. The van der Waals surface area contributed by atoms with E-state index >= 15 is 0 Å². The van der Waals surface area contributed by atoms with Gasteiger partial charge in [-0.1, -0.05) is 18.2 Å². The Hall–Kier alpha value is -2.30. The normalized spacial score (nSPS) is 10.0. The zero-order valence-corrected chi connectivity index (χ0v) is 8.42. The number of hydrogen-bond acceptors (Lipinski definition) is 3. The molecule has 0 spiro atoms. The molecule has 82 valence electrons. The molecule has 5 heteroatoms. The Balaban J connectivity index is 2.32. The van der Waals surface area contributed by atoms with Gasteiger partial charge in [0.05, 0.1) is 18.4 Å². The molecule has 2 aromatic rings. The van der Waals surface area contributed by atoms with Gasteiger partial charge in [-0.05, 0) is 12.1 Å². The first-order chi connectivity index (χ1) is 7.81. The average molecular weight is 218 g/mol. The molecule has 1 heterocycles. The summed E-state index contributed by atoms with van der Waals surface area (Å²) in [5.41, 5.74) is 0.730. The minimum absolute atomic E-state index is 0.207. The van der Waals surface area contributed by atoms with Crippen LogP contribution >= 0.6 is 0 Å². The van der Waals surface area contributed by atoms with Crippen LogP contribution in [0.1, 0.15) is 5.76 Å². The van der Waals surface area contributed by atoms with Gasteiger partial charge in [-0.25, -0.2) is 9.36 Å². The van der Waals surface area contributed by atoms with Gasteiger partial charge in [0.25, 0.3) is 0 Å². The quantitative estimate of drug-likeness (QED) is 0.767. The molecule has 2 rings (SSSR count). The second-order valence-electron chi connectivity index (χ2n) is 3.17. The van der Waals surface area contributed by atoms with Crippen LogP contribution in [0, 0.1) is 0 Å². The summed E-state index contributed by atoms with van der Waals surface area (Å²) in [5.74, 6) is -0.0464. The van der Waals surface area contributed by atoms with Crippen LogP contribution in [-0.2, 0) is 11.3 Å². The maximum Gasteiger partial charge on any atom is 0.423 e. The van der Waals surface area contributed by atoms with E-state index in [-0.39, 0.29) is 6.54 Å². The van der Waals surface area contributed by atoms with Gasteiger partial charge in [0.2, 0.25) is 6.41 Å². The molecule has 0 aliphatic rings. The van der Waals surface area contributed by atoms with Crippen molar-refractivity contribution in [1.29, 1.82) is 0 Å². The zero-order chi connectivity index (χ0) is 11.4. The molecular weight excluding hydrogens is 208 g/mol. The van der Waals surface area contributed by atoms with Crippen molar-refractivity contribution in [2.75, 3.05) is 0 Å². The Kier molecular flexibility index (Phi) is 2.86. The first kappa shape index (κ1) is 10.2. The minimum atomic E-state index is -0.464. The third-order valence-electron chi connectivity index (χ3n) is 2.08. The van der Waals surface area contributed by atoms with Crippen LogP contribution in [0.15, 0.2) is 45.7 Å². The van der Waals surface area contributed by atoms with E-state index in [0.29, 0.717) is 12.2 Å². The fourth-order valence-corrected chi connectivity index (χ4v) is 1.38. The molecule has 0 unspecified atom stereocenters. The third-order valence-corrected chi connectivity index (χ3v) is 2.08. The monoisotopic (exact) mass is 218 g/mol. The standard InChI is InChI=1S/C11H10N2O3/c14-8-12-6-10-7-13(11(15)16-10)9-4-2-1-3-5-9/h1-5,7-8H,6H2,(H,12,14). The summed E-state index contributed by atoms with van der Waals surface area (Å²) < 4.78 is 6.35. The summed E-state index contributed by atoms with van der Waals surface area (Å²) >= 11 is 0. The Morgan fingerprint density at radius 2 is 2.06 bits per heavy atom. The molecule has 16 heavy (non-hydrogen) atoms. The fourth-order valence-electron chi connectivity index (χ4n) is 1.38. The number of nitrogens with zero attached hydrogens (tertiary/aromatic N) is 1. The van der Waals surface area contributed by atoms with Crippen molar-refractivity contribution in [1.82, 2.24) is 9.88 Å². The average Bonchev–Trinajstić information content (AvgIpc) is 2.69. The van der Waals surface area contributed by atoms with Crippen LogP contribution in [-0.4, -0.2) is 11.0 Å². The lowest BCUT2D eigenvalue weighted by molar-refractivity contribution is -0.109. The van der Waals surface area contributed by atoms with Gasteiger partial charge in [0.15, 0.2) is 0 Å². The molecule has 5 nitrogen and oxygen atoms in total. The van der Waals surface area contributed by atoms with Crippen LogP contribution in [0.3, 0.4) is 0 Å². The first-order valence-electron chi connectivity index (χ1n) is 4.75. The van der Waals surface area contributed by atoms with E-state index < -0.39 is 5.76 Å². The van der Waals surface area contributed by atoms with Gasteiger partial charge in [0.1, 0.15) is 5.76 Å². The highest BCUT2D eigenvalue weighted by molar-refractivity contribution is 5.45. The van der Waals surface area contributed by atoms with Crippen LogP contribution < -0.4 is 11.1 Å². The molecule has 0 fully saturated rings. The summed E-state index contributed by atoms with van der Waals surface area (Å²) in [4.78, 5) is 21.6. The van der Waals surface area contributed by atoms with E-state index in [4.69, 9.17) is 4.42 Å². The molecule has 1 N–H and O–H groups in total. The molecular formula is C11H10N2O3. The van der Waals surface area contributed by atoms with Gasteiger partial charge in [-0.3, -0.25) is 4.79 Å². The third kappa shape index (κ3) is 2.03. The number of benzene rings is 1. The minimum Gasteiger partial charge on any atom is -0.411 e. The topological polar surface area (TPSA) is 64.2 Å². The lowest BCUT2D eigenvalue weighted by Crippen LogP contribution is -2.10. The molecule has 0 saturated carbocycles. The Labute approximate surface area is 91.3 Å². The molecule has 0 saturated heterocycles. The smallest absolute Gasteiger partial charge is 0.411 e. The molecule has 0 aliphatic carbocycles. The highest BCUT2D eigenvalue weighted by atomic mass is 16.4.